The molecule has 74 valence electrons. The van der Waals surface area contributed by atoms with Gasteiger partial charge >= 0.3 is 5.82 Å². The van der Waals surface area contributed by atoms with E-state index in [1.165, 1.54) is 4.68 Å². The zero-order valence-corrected chi connectivity index (χ0v) is 9.11. The van der Waals surface area contributed by atoms with Crippen LogP contribution in [0, 0.1) is 22.0 Å². The largest absolute Gasteiger partial charge is 0.404 e. The van der Waals surface area contributed by atoms with Gasteiger partial charge in [0.2, 0.25) is 0 Å². The Morgan fingerprint density at radius 2 is 2.50 bits per heavy atom. The summed E-state index contributed by atoms with van der Waals surface area (Å²) < 4.78 is 1.90. The SMILES string of the molecule is CC#CCCn1cc(Br)c([N+](=O)[O-])n1. The minimum Gasteiger partial charge on any atom is -0.358 e. The maximum atomic E-state index is 10.4. The number of aromatic nitrogens is 2. The number of rotatable bonds is 3. The lowest BCUT2D eigenvalue weighted by Crippen LogP contribution is -1.98. The number of nitro groups is 1. The van der Waals surface area contributed by atoms with Crippen LogP contribution in [-0.4, -0.2) is 14.7 Å². The molecule has 6 heteroatoms. The minimum atomic E-state index is -0.522. The Bertz CT molecular complexity index is 402. The second kappa shape index (κ2) is 4.77. The fraction of sp³-hybridized carbons (Fsp3) is 0.375. The van der Waals surface area contributed by atoms with Crippen LogP contribution < -0.4 is 0 Å². The molecule has 0 fully saturated rings. The first kappa shape index (κ1) is 10.7. The number of hydrogen-bond acceptors (Lipinski definition) is 3. The summed E-state index contributed by atoms with van der Waals surface area (Å²) in [6.45, 7) is 2.31. The van der Waals surface area contributed by atoms with E-state index >= 15 is 0 Å². The van der Waals surface area contributed by atoms with Crippen LogP contribution in [-0.2, 0) is 6.54 Å². The molecule has 0 bridgehead atoms. The molecule has 0 spiro atoms. The van der Waals surface area contributed by atoms with Crippen LogP contribution in [0.2, 0.25) is 0 Å². The average Bonchev–Trinajstić information content (AvgIpc) is 2.47. The summed E-state index contributed by atoms with van der Waals surface area (Å²) in [6, 6.07) is 0. The Labute approximate surface area is 89.4 Å². The number of aryl methyl sites for hydroxylation is 1. The van der Waals surface area contributed by atoms with E-state index < -0.39 is 4.92 Å². The van der Waals surface area contributed by atoms with E-state index in [-0.39, 0.29) is 5.82 Å². The van der Waals surface area contributed by atoms with Crippen LogP contribution in [0.3, 0.4) is 0 Å². The van der Waals surface area contributed by atoms with E-state index in [1.54, 1.807) is 13.1 Å². The highest BCUT2D eigenvalue weighted by atomic mass is 79.9. The van der Waals surface area contributed by atoms with Crippen LogP contribution in [0.25, 0.3) is 0 Å². The van der Waals surface area contributed by atoms with Gasteiger partial charge < -0.3 is 10.1 Å². The van der Waals surface area contributed by atoms with Crippen molar-refractivity contribution in [1.29, 1.82) is 0 Å². The third-order valence-corrected chi connectivity index (χ3v) is 2.07. The topological polar surface area (TPSA) is 61.0 Å². The summed E-state index contributed by atoms with van der Waals surface area (Å²) in [6.07, 6.45) is 2.22. The van der Waals surface area contributed by atoms with Gasteiger partial charge in [-0.25, -0.2) is 0 Å². The molecule has 14 heavy (non-hydrogen) atoms. The van der Waals surface area contributed by atoms with Gasteiger partial charge in [-0.15, -0.1) is 11.8 Å². The van der Waals surface area contributed by atoms with Gasteiger partial charge in [0, 0.05) is 6.42 Å². The zero-order valence-electron chi connectivity index (χ0n) is 7.53. The van der Waals surface area contributed by atoms with E-state index in [9.17, 15) is 10.1 Å². The van der Waals surface area contributed by atoms with E-state index in [0.717, 1.165) is 0 Å². The Hall–Kier alpha value is -1.35. The Morgan fingerprint density at radius 1 is 1.79 bits per heavy atom. The fourth-order valence-electron chi connectivity index (χ4n) is 0.921. The quantitative estimate of drug-likeness (QED) is 0.473. The Kier molecular flexibility index (Phi) is 3.65. The molecule has 0 aliphatic carbocycles. The van der Waals surface area contributed by atoms with Crippen LogP contribution in [0.1, 0.15) is 13.3 Å². The molecule has 1 rings (SSSR count). The number of nitrogens with zero attached hydrogens (tertiary/aromatic N) is 3. The van der Waals surface area contributed by atoms with E-state index in [4.69, 9.17) is 0 Å². The lowest BCUT2D eigenvalue weighted by molar-refractivity contribution is -0.390. The number of hydrogen-bond donors (Lipinski definition) is 0. The third-order valence-electron chi connectivity index (χ3n) is 1.51. The molecule has 0 N–H and O–H groups in total. The summed E-state index contributed by atoms with van der Waals surface area (Å²) >= 11 is 3.07. The smallest absolute Gasteiger partial charge is 0.358 e. The van der Waals surface area contributed by atoms with Gasteiger partial charge in [-0.3, -0.25) is 0 Å². The van der Waals surface area contributed by atoms with Crippen LogP contribution in [0.4, 0.5) is 5.82 Å². The molecule has 1 heterocycles. The van der Waals surface area contributed by atoms with E-state index in [2.05, 4.69) is 32.9 Å². The summed E-state index contributed by atoms with van der Waals surface area (Å²) in [4.78, 5) is 9.92. The van der Waals surface area contributed by atoms with Crippen molar-refractivity contribution in [1.82, 2.24) is 9.78 Å². The van der Waals surface area contributed by atoms with E-state index in [0.29, 0.717) is 17.4 Å². The maximum Gasteiger partial charge on any atom is 0.404 e. The minimum absolute atomic E-state index is 0.158. The lowest BCUT2D eigenvalue weighted by atomic mass is 10.4. The van der Waals surface area contributed by atoms with Crippen molar-refractivity contribution in [3.8, 4) is 11.8 Å². The van der Waals surface area contributed by atoms with Crippen LogP contribution >= 0.6 is 15.9 Å². The summed E-state index contributed by atoms with van der Waals surface area (Å²) in [5.74, 6) is 5.45. The predicted octanol–water partition coefficient (Wildman–Crippen LogP) is 1.97. The molecular weight excluding hydrogens is 250 g/mol. The highest BCUT2D eigenvalue weighted by Crippen LogP contribution is 2.21. The molecule has 0 saturated carbocycles. The van der Waals surface area contributed by atoms with Crippen LogP contribution in [0.15, 0.2) is 10.7 Å². The molecule has 0 aliphatic heterocycles. The molecular formula is C8H8BrN3O2. The van der Waals surface area contributed by atoms with E-state index in [1.807, 2.05) is 0 Å². The fourth-order valence-corrected chi connectivity index (χ4v) is 1.38. The van der Waals surface area contributed by atoms with Crippen molar-refractivity contribution in [2.24, 2.45) is 0 Å². The van der Waals surface area contributed by atoms with Crippen LogP contribution in [0.5, 0.6) is 0 Å². The monoisotopic (exact) mass is 257 g/mol. The van der Waals surface area contributed by atoms with Gasteiger partial charge in [-0.1, -0.05) is 0 Å². The molecule has 1 aromatic heterocycles. The molecule has 0 aliphatic rings. The number of halogens is 1. The van der Waals surface area contributed by atoms with Crippen molar-refractivity contribution in [3.05, 3.63) is 20.8 Å². The van der Waals surface area contributed by atoms with Gasteiger partial charge in [-0.05, 0) is 27.8 Å². The molecule has 0 unspecified atom stereocenters. The molecule has 0 aromatic carbocycles. The van der Waals surface area contributed by atoms with Crippen molar-refractivity contribution < 1.29 is 4.92 Å². The predicted molar refractivity (Wildman–Crippen MR) is 54.6 cm³/mol. The van der Waals surface area contributed by atoms with Gasteiger partial charge in [-0.2, -0.15) is 4.68 Å². The first-order valence-electron chi connectivity index (χ1n) is 3.92. The lowest BCUT2D eigenvalue weighted by Gasteiger charge is -1.88. The molecule has 0 saturated heterocycles. The highest BCUT2D eigenvalue weighted by Gasteiger charge is 2.17. The summed E-state index contributed by atoms with van der Waals surface area (Å²) in [5, 5.41) is 14.2. The molecule has 0 amide bonds. The summed E-state index contributed by atoms with van der Waals surface area (Å²) in [7, 11) is 0. The first-order chi connectivity index (χ1) is 6.65. The average molecular weight is 258 g/mol. The molecule has 1 aromatic rings. The van der Waals surface area contributed by atoms with Crippen molar-refractivity contribution in [2.75, 3.05) is 0 Å². The normalized spacial score (nSPS) is 9.29. The molecule has 0 radical (unpaired) electrons. The standard InChI is InChI=1S/C8H8BrN3O2/c1-2-3-4-5-11-6-7(9)8(10-11)12(13)14/h6H,4-5H2,1H3. The highest BCUT2D eigenvalue weighted by molar-refractivity contribution is 9.10. The Balaban J connectivity index is 2.74. The van der Waals surface area contributed by atoms with Gasteiger partial charge in [0.25, 0.3) is 0 Å². The van der Waals surface area contributed by atoms with Crippen molar-refractivity contribution in [3.63, 3.8) is 0 Å². The third kappa shape index (κ3) is 2.57. The molecule has 0 atom stereocenters. The zero-order chi connectivity index (χ0) is 10.6. The van der Waals surface area contributed by atoms with Gasteiger partial charge in [0.05, 0.1) is 17.8 Å². The molecule has 5 nitrogen and oxygen atoms in total. The Morgan fingerprint density at radius 3 is 3.00 bits per heavy atom. The first-order valence-corrected chi connectivity index (χ1v) is 4.71. The van der Waals surface area contributed by atoms with Crippen molar-refractivity contribution in [2.45, 2.75) is 19.9 Å². The second-order valence-electron chi connectivity index (χ2n) is 2.50. The maximum absolute atomic E-state index is 10.4. The second-order valence-corrected chi connectivity index (χ2v) is 3.35. The van der Waals surface area contributed by atoms with Gasteiger partial charge in [0.15, 0.2) is 0 Å². The summed E-state index contributed by atoms with van der Waals surface area (Å²) in [5.41, 5.74) is 0. The van der Waals surface area contributed by atoms with Gasteiger partial charge in [0.1, 0.15) is 4.47 Å². The van der Waals surface area contributed by atoms with Crippen molar-refractivity contribution >= 4 is 21.7 Å².